The van der Waals surface area contributed by atoms with E-state index in [-0.39, 0.29) is 17.6 Å². The van der Waals surface area contributed by atoms with Gasteiger partial charge in [-0.05, 0) is 31.4 Å². The van der Waals surface area contributed by atoms with Gasteiger partial charge in [0, 0.05) is 25.3 Å². The number of hydrogen-bond acceptors (Lipinski definition) is 4. The summed E-state index contributed by atoms with van der Waals surface area (Å²) in [7, 11) is 0. The molecule has 0 radical (unpaired) electrons. The Morgan fingerprint density at radius 3 is 3.00 bits per heavy atom. The predicted molar refractivity (Wildman–Crippen MR) is 92.2 cm³/mol. The van der Waals surface area contributed by atoms with E-state index in [2.05, 4.69) is 11.4 Å². The second-order valence-corrected chi connectivity index (χ2v) is 6.81. The number of para-hydroxylation sites is 1. The maximum Gasteiger partial charge on any atom is 0.255 e. The number of ketones is 1. The van der Waals surface area contributed by atoms with Crippen molar-refractivity contribution in [2.75, 3.05) is 13.2 Å². The van der Waals surface area contributed by atoms with Gasteiger partial charge in [-0.1, -0.05) is 18.2 Å². The van der Waals surface area contributed by atoms with E-state index >= 15 is 0 Å². The number of amides is 1. The SMILES string of the molecule is Cc1oc2c(c1C(=O)NC[C@@H]1COc3ccccc3C1)C(=O)CCC2. The normalized spacial score (nSPS) is 18.9. The van der Waals surface area contributed by atoms with Crippen LogP contribution in [0.3, 0.4) is 0 Å². The Hall–Kier alpha value is -2.56. The molecule has 1 aromatic carbocycles. The van der Waals surface area contributed by atoms with Gasteiger partial charge in [-0.2, -0.15) is 0 Å². The highest BCUT2D eigenvalue weighted by Crippen LogP contribution is 2.30. The van der Waals surface area contributed by atoms with Crippen LogP contribution in [0.1, 0.15) is 50.6 Å². The molecule has 5 heteroatoms. The quantitative estimate of drug-likeness (QED) is 0.933. The van der Waals surface area contributed by atoms with Crippen molar-refractivity contribution < 1.29 is 18.7 Å². The lowest BCUT2D eigenvalue weighted by Gasteiger charge is -2.25. The van der Waals surface area contributed by atoms with E-state index in [0.29, 0.717) is 42.2 Å². The third kappa shape index (κ3) is 2.95. The summed E-state index contributed by atoms with van der Waals surface area (Å²) < 4.78 is 11.4. The smallest absolute Gasteiger partial charge is 0.255 e. The van der Waals surface area contributed by atoms with Gasteiger partial charge in [0.2, 0.25) is 0 Å². The summed E-state index contributed by atoms with van der Waals surface area (Å²) >= 11 is 0. The lowest BCUT2D eigenvalue weighted by Crippen LogP contribution is -2.35. The van der Waals surface area contributed by atoms with Crippen molar-refractivity contribution in [2.24, 2.45) is 5.92 Å². The molecule has 1 N–H and O–H groups in total. The van der Waals surface area contributed by atoms with Crippen LogP contribution in [0, 0.1) is 12.8 Å². The zero-order chi connectivity index (χ0) is 17.4. The first kappa shape index (κ1) is 15.9. The van der Waals surface area contributed by atoms with Gasteiger partial charge < -0.3 is 14.5 Å². The molecule has 4 rings (SSSR count). The maximum atomic E-state index is 12.7. The molecule has 0 bridgehead atoms. The molecule has 0 unspecified atom stereocenters. The first-order valence-corrected chi connectivity index (χ1v) is 8.78. The molecule has 2 heterocycles. The first-order valence-electron chi connectivity index (χ1n) is 8.78. The molecule has 0 saturated carbocycles. The average molecular weight is 339 g/mol. The van der Waals surface area contributed by atoms with Gasteiger partial charge in [0.05, 0.1) is 17.7 Å². The summed E-state index contributed by atoms with van der Waals surface area (Å²) in [5.74, 6) is 2.12. The molecule has 0 spiro atoms. The standard InChI is InChI=1S/C20H21NO4/c1-12-18(19-15(22)6-4-8-17(19)25-12)20(23)21-10-13-9-14-5-2-3-7-16(14)24-11-13/h2-3,5,7,13H,4,6,8-11H2,1H3,(H,21,23)/t13-/m1/s1. The monoisotopic (exact) mass is 339 g/mol. The highest BCUT2D eigenvalue weighted by Gasteiger charge is 2.30. The van der Waals surface area contributed by atoms with Crippen LogP contribution in [0.2, 0.25) is 0 Å². The van der Waals surface area contributed by atoms with Crippen molar-refractivity contribution in [3.63, 3.8) is 0 Å². The van der Waals surface area contributed by atoms with Crippen LogP contribution in [-0.2, 0) is 12.8 Å². The summed E-state index contributed by atoms with van der Waals surface area (Å²) in [5, 5.41) is 2.97. The number of Topliss-reactive ketones (excluding diaryl/α,β-unsaturated/α-hetero) is 1. The van der Waals surface area contributed by atoms with Crippen LogP contribution < -0.4 is 10.1 Å². The Kier molecular flexibility index (Phi) is 4.07. The fraction of sp³-hybridized carbons (Fsp3) is 0.400. The van der Waals surface area contributed by atoms with Crippen LogP contribution in [0.4, 0.5) is 0 Å². The minimum Gasteiger partial charge on any atom is -0.493 e. The van der Waals surface area contributed by atoms with Crippen LogP contribution in [-0.4, -0.2) is 24.8 Å². The highest BCUT2D eigenvalue weighted by atomic mass is 16.5. The van der Waals surface area contributed by atoms with Crippen molar-refractivity contribution in [1.29, 1.82) is 0 Å². The Bertz CT molecular complexity index is 836. The number of benzene rings is 1. The summed E-state index contributed by atoms with van der Waals surface area (Å²) in [6.07, 6.45) is 2.87. The molecular weight excluding hydrogens is 318 g/mol. The Labute approximate surface area is 146 Å². The Morgan fingerprint density at radius 2 is 2.12 bits per heavy atom. The number of nitrogens with one attached hydrogen (secondary N) is 1. The second kappa shape index (κ2) is 6.39. The molecule has 1 aliphatic carbocycles. The summed E-state index contributed by atoms with van der Waals surface area (Å²) in [6, 6.07) is 7.98. The molecule has 5 nitrogen and oxygen atoms in total. The second-order valence-electron chi connectivity index (χ2n) is 6.81. The lowest BCUT2D eigenvalue weighted by atomic mass is 9.93. The highest BCUT2D eigenvalue weighted by molar-refractivity contribution is 6.10. The van der Waals surface area contributed by atoms with E-state index in [1.165, 1.54) is 5.56 Å². The van der Waals surface area contributed by atoms with Crippen LogP contribution in [0.15, 0.2) is 28.7 Å². The number of hydrogen-bond donors (Lipinski definition) is 1. The predicted octanol–water partition coefficient (Wildman–Crippen LogP) is 3.09. The largest absolute Gasteiger partial charge is 0.493 e. The molecule has 2 aliphatic rings. The number of fused-ring (bicyclic) bond motifs is 2. The van der Waals surface area contributed by atoms with Crippen molar-refractivity contribution in [3.8, 4) is 5.75 Å². The zero-order valence-corrected chi connectivity index (χ0v) is 14.3. The van der Waals surface area contributed by atoms with Gasteiger partial charge in [0.25, 0.3) is 5.91 Å². The van der Waals surface area contributed by atoms with Gasteiger partial charge in [-0.3, -0.25) is 9.59 Å². The number of rotatable bonds is 3. The number of ether oxygens (including phenoxy) is 1. The molecule has 1 aliphatic heterocycles. The molecule has 1 amide bonds. The topological polar surface area (TPSA) is 68.5 Å². The minimum atomic E-state index is -0.225. The number of carbonyl (C=O) groups excluding carboxylic acids is 2. The Balaban J connectivity index is 1.45. The molecule has 130 valence electrons. The number of aryl methyl sites for hydroxylation is 2. The average Bonchev–Trinajstić information content (AvgIpc) is 2.97. The fourth-order valence-corrected chi connectivity index (χ4v) is 3.73. The summed E-state index contributed by atoms with van der Waals surface area (Å²) in [4.78, 5) is 24.9. The van der Waals surface area contributed by atoms with Crippen LogP contribution >= 0.6 is 0 Å². The van der Waals surface area contributed by atoms with Crippen molar-refractivity contribution >= 4 is 11.7 Å². The van der Waals surface area contributed by atoms with E-state index < -0.39 is 0 Å². The first-order chi connectivity index (χ1) is 12.1. The summed E-state index contributed by atoms with van der Waals surface area (Å²) in [6.45, 7) is 2.85. The van der Waals surface area contributed by atoms with Gasteiger partial charge >= 0.3 is 0 Å². The molecule has 1 aromatic heterocycles. The third-order valence-electron chi connectivity index (χ3n) is 4.98. The number of furan rings is 1. The molecular formula is C20H21NO4. The van der Waals surface area contributed by atoms with E-state index in [0.717, 1.165) is 25.0 Å². The molecule has 0 saturated heterocycles. The fourth-order valence-electron chi connectivity index (χ4n) is 3.73. The molecule has 0 fully saturated rings. The van der Waals surface area contributed by atoms with Crippen molar-refractivity contribution in [1.82, 2.24) is 5.32 Å². The Morgan fingerprint density at radius 1 is 1.28 bits per heavy atom. The van der Waals surface area contributed by atoms with E-state index in [1.54, 1.807) is 6.92 Å². The zero-order valence-electron chi connectivity index (χ0n) is 14.3. The van der Waals surface area contributed by atoms with Crippen molar-refractivity contribution in [3.05, 3.63) is 52.5 Å². The van der Waals surface area contributed by atoms with Gasteiger partial charge in [0.15, 0.2) is 5.78 Å². The summed E-state index contributed by atoms with van der Waals surface area (Å²) in [5.41, 5.74) is 2.07. The lowest BCUT2D eigenvalue weighted by molar-refractivity contribution is 0.0917. The molecule has 2 aromatic rings. The minimum absolute atomic E-state index is 0.0122. The van der Waals surface area contributed by atoms with Gasteiger partial charge in [-0.15, -0.1) is 0 Å². The van der Waals surface area contributed by atoms with Crippen molar-refractivity contribution in [2.45, 2.75) is 32.6 Å². The maximum absolute atomic E-state index is 12.7. The molecule has 1 atom stereocenters. The van der Waals surface area contributed by atoms with E-state index in [9.17, 15) is 9.59 Å². The van der Waals surface area contributed by atoms with Crippen LogP contribution in [0.5, 0.6) is 5.75 Å². The molecule has 25 heavy (non-hydrogen) atoms. The van der Waals surface area contributed by atoms with Crippen LogP contribution in [0.25, 0.3) is 0 Å². The third-order valence-corrected chi connectivity index (χ3v) is 4.98. The number of carbonyl (C=O) groups is 2. The van der Waals surface area contributed by atoms with E-state index in [1.807, 2.05) is 18.2 Å². The van der Waals surface area contributed by atoms with Gasteiger partial charge in [-0.25, -0.2) is 0 Å². The van der Waals surface area contributed by atoms with Gasteiger partial charge in [0.1, 0.15) is 17.3 Å². The van der Waals surface area contributed by atoms with E-state index in [4.69, 9.17) is 9.15 Å².